The maximum absolute atomic E-state index is 11.7. The van der Waals surface area contributed by atoms with Gasteiger partial charge in [0.05, 0.1) is 44.6 Å². The predicted molar refractivity (Wildman–Crippen MR) is 207 cm³/mol. The van der Waals surface area contributed by atoms with Crippen molar-refractivity contribution in [1.82, 2.24) is 0 Å². The van der Waals surface area contributed by atoms with Gasteiger partial charge in [-0.15, -0.1) is 0 Å². The van der Waals surface area contributed by atoms with Gasteiger partial charge in [0, 0.05) is 13.0 Å². The molecule has 0 amide bonds. The van der Waals surface area contributed by atoms with Gasteiger partial charge < -0.3 is 28.2 Å². The lowest BCUT2D eigenvalue weighted by Gasteiger charge is -2.43. The zero-order chi connectivity index (χ0) is 36.4. The SMILES string of the molecule is C=C1C[C@H](CC(CC(=O)O)O[Si](C)(C)C)O[C@H](C[C@H](CCO[Si](c2ccccc2)(c2ccccc2)C(C)(C)C)OCc2ccc(OC)cc2)C1. The van der Waals surface area contributed by atoms with Gasteiger partial charge in [-0.1, -0.05) is 106 Å². The third kappa shape index (κ3) is 11.5. The van der Waals surface area contributed by atoms with Crippen molar-refractivity contribution in [3.8, 4) is 5.75 Å². The number of hydrogen-bond donors (Lipinski definition) is 1. The van der Waals surface area contributed by atoms with E-state index in [1.807, 2.05) is 24.3 Å². The summed E-state index contributed by atoms with van der Waals surface area (Å²) in [7, 11) is -3.00. The number of benzene rings is 3. The topological polar surface area (TPSA) is 83.5 Å². The maximum Gasteiger partial charge on any atom is 0.305 e. The Hall–Kier alpha value is -3.06. The number of rotatable bonds is 18. The maximum atomic E-state index is 11.7. The monoisotopic (exact) mass is 718 g/mol. The highest BCUT2D eigenvalue weighted by molar-refractivity contribution is 6.99. The number of methoxy groups -OCH3 is 1. The first-order chi connectivity index (χ1) is 23.7. The van der Waals surface area contributed by atoms with Crippen LogP contribution in [0, 0.1) is 0 Å². The van der Waals surface area contributed by atoms with Gasteiger partial charge >= 0.3 is 5.97 Å². The van der Waals surface area contributed by atoms with Crippen LogP contribution in [0.4, 0.5) is 0 Å². The molecule has 1 N–H and O–H groups in total. The molecule has 1 saturated heterocycles. The van der Waals surface area contributed by atoms with E-state index >= 15 is 0 Å². The van der Waals surface area contributed by atoms with E-state index in [1.165, 1.54) is 10.4 Å². The van der Waals surface area contributed by atoms with Crippen LogP contribution in [-0.4, -0.2) is 65.8 Å². The summed E-state index contributed by atoms with van der Waals surface area (Å²) in [6.45, 7) is 18.5. The average molecular weight is 719 g/mol. The summed E-state index contributed by atoms with van der Waals surface area (Å²) in [6, 6.07) is 29.4. The van der Waals surface area contributed by atoms with Crippen LogP contribution in [-0.2, 0) is 29.7 Å². The van der Waals surface area contributed by atoms with Crippen LogP contribution in [0.1, 0.15) is 64.9 Å². The number of carbonyl (C=O) groups is 1. The van der Waals surface area contributed by atoms with Crippen LogP contribution in [0.2, 0.25) is 24.7 Å². The number of hydrogen-bond acceptors (Lipinski definition) is 6. The highest BCUT2D eigenvalue weighted by Crippen LogP contribution is 2.37. The zero-order valence-electron chi connectivity index (χ0n) is 31.2. The molecule has 0 aliphatic carbocycles. The standard InChI is InChI=1S/C41H58O7Si2/c1-31-25-35(47-36(26-31)28-37(29-40(42)43)48-49(6,7)8)27-34(45-30-32-19-21-33(44-5)22-20-32)23-24-46-50(41(2,3)4,38-15-11-9-12-16-38)39-17-13-10-14-18-39/h9-22,34-37H,1,23-30H2,2-8H3,(H,42,43)/t34-,35-,36+,37?/m0/s1. The molecule has 0 saturated carbocycles. The molecule has 0 aromatic heterocycles. The van der Waals surface area contributed by atoms with E-state index in [0.29, 0.717) is 38.9 Å². The Morgan fingerprint density at radius 1 is 0.880 bits per heavy atom. The summed E-state index contributed by atoms with van der Waals surface area (Å²) in [5.41, 5.74) is 2.18. The first-order valence-electron chi connectivity index (χ1n) is 17.9. The lowest BCUT2D eigenvalue weighted by atomic mass is 9.92. The van der Waals surface area contributed by atoms with Crippen LogP contribution in [0.3, 0.4) is 0 Å². The molecule has 1 unspecified atom stereocenters. The van der Waals surface area contributed by atoms with Crippen LogP contribution in [0.15, 0.2) is 97.1 Å². The third-order valence-electron chi connectivity index (χ3n) is 9.21. The Labute approximate surface area is 302 Å². The summed E-state index contributed by atoms with van der Waals surface area (Å²) in [5.74, 6) is -0.0456. The lowest BCUT2D eigenvalue weighted by molar-refractivity contribution is -0.139. The second-order valence-corrected chi connectivity index (χ2v) is 24.3. The van der Waals surface area contributed by atoms with E-state index < -0.39 is 28.7 Å². The van der Waals surface area contributed by atoms with Crippen LogP contribution in [0.5, 0.6) is 5.75 Å². The summed E-state index contributed by atoms with van der Waals surface area (Å²) in [5, 5.41) is 12.0. The van der Waals surface area contributed by atoms with Crippen molar-refractivity contribution in [2.24, 2.45) is 0 Å². The number of carboxylic acid groups (broad SMARTS) is 1. The Morgan fingerprint density at radius 2 is 1.42 bits per heavy atom. The fraction of sp³-hybridized carbons (Fsp3) is 0.488. The third-order valence-corrected chi connectivity index (χ3v) is 15.3. The first-order valence-corrected chi connectivity index (χ1v) is 23.2. The molecule has 3 aromatic carbocycles. The smallest absolute Gasteiger partial charge is 0.305 e. The molecule has 272 valence electrons. The van der Waals surface area contributed by atoms with Crippen molar-refractivity contribution in [1.29, 1.82) is 0 Å². The minimum absolute atomic E-state index is 0.0333. The summed E-state index contributed by atoms with van der Waals surface area (Å²) in [6.07, 6.45) is 2.52. The quantitative estimate of drug-likeness (QED) is 0.105. The van der Waals surface area contributed by atoms with Gasteiger partial charge in [-0.3, -0.25) is 4.79 Å². The van der Waals surface area contributed by atoms with Gasteiger partial charge in [0.2, 0.25) is 0 Å². The first kappa shape index (κ1) is 39.7. The second-order valence-electron chi connectivity index (χ2n) is 15.5. The van der Waals surface area contributed by atoms with Gasteiger partial charge in [0.1, 0.15) is 5.75 Å². The van der Waals surface area contributed by atoms with E-state index in [4.69, 9.17) is 23.1 Å². The van der Waals surface area contributed by atoms with Crippen LogP contribution < -0.4 is 15.1 Å². The molecule has 1 aliphatic heterocycles. The van der Waals surface area contributed by atoms with Gasteiger partial charge in [-0.2, -0.15) is 0 Å². The van der Waals surface area contributed by atoms with Crippen LogP contribution >= 0.6 is 0 Å². The Kier molecular flexibility index (Phi) is 14.2. The predicted octanol–water partition coefficient (Wildman–Crippen LogP) is 8.13. The Bertz CT molecular complexity index is 1440. The molecule has 4 rings (SSSR count). The molecule has 7 nitrogen and oxygen atoms in total. The normalized spacial score (nSPS) is 18.4. The van der Waals surface area contributed by atoms with Crippen molar-refractivity contribution in [2.75, 3.05) is 13.7 Å². The highest BCUT2D eigenvalue weighted by atomic mass is 28.4. The van der Waals surface area contributed by atoms with Crippen molar-refractivity contribution in [2.45, 2.75) is 115 Å². The van der Waals surface area contributed by atoms with E-state index in [-0.39, 0.29) is 29.8 Å². The summed E-state index contributed by atoms with van der Waals surface area (Å²) in [4.78, 5) is 11.7. The number of ether oxygens (including phenoxy) is 3. The van der Waals surface area contributed by atoms with Crippen molar-refractivity contribution in [3.05, 3.63) is 103 Å². The lowest BCUT2D eigenvalue weighted by Crippen LogP contribution is -2.66. The molecule has 0 bridgehead atoms. The molecular formula is C41H58O7Si2. The van der Waals surface area contributed by atoms with E-state index in [9.17, 15) is 9.90 Å². The Balaban J connectivity index is 1.55. The number of carboxylic acids is 1. The molecule has 9 heteroatoms. The van der Waals surface area contributed by atoms with E-state index in [2.05, 4.69) is 108 Å². The highest BCUT2D eigenvalue weighted by Gasteiger charge is 2.50. The fourth-order valence-corrected chi connectivity index (χ4v) is 12.9. The second kappa shape index (κ2) is 17.9. The van der Waals surface area contributed by atoms with E-state index in [0.717, 1.165) is 23.3 Å². The van der Waals surface area contributed by atoms with Gasteiger partial charge in [-0.05, 0) is 78.4 Å². The molecule has 1 heterocycles. The number of aliphatic carboxylic acids is 1. The van der Waals surface area contributed by atoms with Crippen molar-refractivity contribution < 1.29 is 33.0 Å². The largest absolute Gasteiger partial charge is 0.497 e. The molecule has 4 atom stereocenters. The molecule has 50 heavy (non-hydrogen) atoms. The van der Waals surface area contributed by atoms with Gasteiger partial charge in [0.15, 0.2) is 8.32 Å². The minimum Gasteiger partial charge on any atom is -0.497 e. The van der Waals surface area contributed by atoms with Crippen molar-refractivity contribution >= 4 is 33.0 Å². The fourth-order valence-electron chi connectivity index (χ4n) is 7.14. The molecule has 0 radical (unpaired) electrons. The minimum atomic E-state index is -2.71. The van der Waals surface area contributed by atoms with Gasteiger partial charge in [0.25, 0.3) is 8.32 Å². The molecule has 3 aromatic rings. The molecule has 0 spiro atoms. The Morgan fingerprint density at radius 3 is 1.90 bits per heavy atom. The molecular weight excluding hydrogens is 661 g/mol. The summed E-state index contributed by atoms with van der Waals surface area (Å²) >= 11 is 0. The zero-order valence-corrected chi connectivity index (χ0v) is 33.2. The van der Waals surface area contributed by atoms with Crippen LogP contribution in [0.25, 0.3) is 0 Å². The average Bonchev–Trinajstić information content (AvgIpc) is 3.04. The molecule has 1 fully saturated rings. The van der Waals surface area contributed by atoms with Gasteiger partial charge in [-0.25, -0.2) is 0 Å². The van der Waals surface area contributed by atoms with Crippen molar-refractivity contribution in [3.63, 3.8) is 0 Å². The molecule has 1 aliphatic rings. The van der Waals surface area contributed by atoms with E-state index in [1.54, 1.807) is 7.11 Å². The summed E-state index contributed by atoms with van der Waals surface area (Å²) < 4.78 is 32.3.